The number of hydrogen-bond donors (Lipinski definition) is 1. The van der Waals surface area contributed by atoms with Crippen LogP contribution in [-0.2, 0) is 26.2 Å². The second kappa shape index (κ2) is 14.6. The molecule has 3 aromatic carbocycles. The Morgan fingerprint density at radius 2 is 1.63 bits per heavy atom. The summed E-state index contributed by atoms with van der Waals surface area (Å²) < 4.78 is 29.3. The number of nitrogens with one attached hydrogen (secondary N) is 1. The van der Waals surface area contributed by atoms with Crippen LogP contribution in [0.3, 0.4) is 0 Å². The Bertz CT molecular complexity index is 1540. The van der Waals surface area contributed by atoms with E-state index in [1.165, 1.54) is 17.0 Å². The number of nitrogens with zero attached hydrogens (tertiary/aromatic N) is 2. The van der Waals surface area contributed by atoms with Crippen LogP contribution in [0.5, 0.6) is 0 Å². The Morgan fingerprint density at radius 3 is 2.26 bits per heavy atom. The molecule has 0 bridgehead atoms. The second-order valence-electron chi connectivity index (χ2n) is 11.1. The van der Waals surface area contributed by atoms with Gasteiger partial charge in [0.15, 0.2) is 0 Å². The van der Waals surface area contributed by atoms with Gasteiger partial charge in [-0.05, 0) is 74.6 Å². The number of rotatable bonds is 11. The van der Waals surface area contributed by atoms with Crippen molar-refractivity contribution in [1.82, 2.24) is 10.2 Å². The molecule has 0 radical (unpaired) electrons. The normalized spacial score (nSPS) is 14.6. The molecule has 0 heterocycles. The number of halogens is 2. The Labute approximate surface area is 265 Å². The first kappa shape index (κ1) is 32.8. The number of aryl methyl sites for hydroxylation is 2. The molecule has 1 aliphatic rings. The zero-order valence-electron chi connectivity index (χ0n) is 24.9. The highest BCUT2D eigenvalue weighted by Crippen LogP contribution is 2.29. The molecule has 1 fully saturated rings. The summed E-state index contributed by atoms with van der Waals surface area (Å²) in [6.07, 6.45) is 5.38. The van der Waals surface area contributed by atoms with Crippen LogP contribution in [0.15, 0.2) is 71.6 Å². The van der Waals surface area contributed by atoms with Crippen LogP contribution in [-0.4, -0.2) is 43.8 Å². The van der Waals surface area contributed by atoms with E-state index in [4.69, 9.17) is 23.2 Å². The maximum absolute atomic E-state index is 14.3. The van der Waals surface area contributed by atoms with Crippen molar-refractivity contribution < 1.29 is 18.0 Å². The van der Waals surface area contributed by atoms with Gasteiger partial charge in [-0.1, -0.05) is 91.3 Å². The lowest BCUT2D eigenvalue weighted by Crippen LogP contribution is -2.54. The van der Waals surface area contributed by atoms with E-state index >= 15 is 0 Å². The third kappa shape index (κ3) is 8.11. The molecule has 0 spiro atoms. The Balaban J connectivity index is 1.73. The lowest BCUT2D eigenvalue weighted by Gasteiger charge is -2.35. The van der Waals surface area contributed by atoms with Gasteiger partial charge in [-0.25, -0.2) is 8.42 Å². The summed E-state index contributed by atoms with van der Waals surface area (Å²) in [6.45, 7) is 5.03. The molecule has 2 amide bonds. The molecule has 0 saturated heterocycles. The first-order chi connectivity index (χ1) is 20.5. The Morgan fingerprint density at radius 1 is 0.953 bits per heavy atom. The molecule has 10 heteroatoms. The first-order valence-corrected chi connectivity index (χ1v) is 16.9. The molecule has 0 aliphatic heterocycles. The molecule has 3 aromatic rings. The van der Waals surface area contributed by atoms with Gasteiger partial charge in [0.1, 0.15) is 12.6 Å². The average Bonchev–Trinajstić information content (AvgIpc) is 2.98. The fourth-order valence-electron chi connectivity index (χ4n) is 5.49. The quantitative estimate of drug-likeness (QED) is 0.242. The molecule has 43 heavy (non-hydrogen) atoms. The summed E-state index contributed by atoms with van der Waals surface area (Å²) in [5, 5.41) is 3.96. The van der Waals surface area contributed by atoms with Crippen LogP contribution in [0, 0.1) is 13.8 Å². The van der Waals surface area contributed by atoms with Crippen molar-refractivity contribution in [2.24, 2.45) is 0 Å². The van der Waals surface area contributed by atoms with Gasteiger partial charge in [0.05, 0.1) is 10.6 Å². The third-order valence-electron chi connectivity index (χ3n) is 7.97. The van der Waals surface area contributed by atoms with Crippen LogP contribution in [0.25, 0.3) is 0 Å². The fourth-order valence-corrected chi connectivity index (χ4v) is 7.44. The zero-order valence-corrected chi connectivity index (χ0v) is 27.2. The van der Waals surface area contributed by atoms with Crippen LogP contribution in [0.2, 0.25) is 10.0 Å². The fraction of sp³-hybridized carbons (Fsp3) is 0.394. The molecule has 0 unspecified atom stereocenters. The molecule has 1 atom stereocenters. The highest BCUT2D eigenvalue weighted by molar-refractivity contribution is 7.92. The molecule has 1 aliphatic carbocycles. The summed E-state index contributed by atoms with van der Waals surface area (Å²) in [5.74, 6) is -0.771. The summed E-state index contributed by atoms with van der Waals surface area (Å²) in [7, 11) is -4.14. The van der Waals surface area contributed by atoms with E-state index in [-0.39, 0.29) is 23.4 Å². The molecule has 7 nitrogen and oxygen atoms in total. The maximum atomic E-state index is 14.3. The number of hydrogen-bond acceptors (Lipinski definition) is 4. The standard InChI is InChI=1S/C33H39Cl2N3O4S/c1-4-30(33(40)36-27-11-6-5-7-12-27)37(21-25-16-17-26(34)20-29(25)35)32(39)22-38(31-13-9-8-10-24(31)3)43(41,42)28-18-14-23(2)15-19-28/h8-10,13-20,27,30H,4-7,11-12,21-22H2,1-3H3,(H,36,40)/t30-/m0/s1. The maximum Gasteiger partial charge on any atom is 0.264 e. The minimum atomic E-state index is -4.14. The van der Waals surface area contributed by atoms with Gasteiger partial charge in [0, 0.05) is 22.6 Å². The van der Waals surface area contributed by atoms with E-state index in [1.807, 2.05) is 19.9 Å². The predicted octanol–water partition coefficient (Wildman–Crippen LogP) is 7.06. The number of carbonyl (C=O) groups excluding carboxylic acids is 2. The summed E-state index contributed by atoms with van der Waals surface area (Å²) >= 11 is 12.7. The smallest absolute Gasteiger partial charge is 0.264 e. The molecular formula is C33H39Cl2N3O4S. The predicted molar refractivity (Wildman–Crippen MR) is 173 cm³/mol. The molecule has 1 saturated carbocycles. The summed E-state index contributed by atoms with van der Waals surface area (Å²) in [6, 6.07) is 17.8. The van der Waals surface area contributed by atoms with Gasteiger partial charge in [0.25, 0.3) is 10.0 Å². The van der Waals surface area contributed by atoms with Crippen LogP contribution >= 0.6 is 23.2 Å². The van der Waals surface area contributed by atoms with E-state index in [9.17, 15) is 18.0 Å². The minimum Gasteiger partial charge on any atom is -0.352 e. The van der Waals surface area contributed by atoms with Gasteiger partial charge in [-0.3, -0.25) is 13.9 Å². The Hall–Kier alpha value is -3.07. The van der Waals surface area contributed by atoms with E-state index < -0.39 is 28.5 Å². The molecule has 4 rings (SSSR count). The number of anilines is 1. The average molecular weight is 645 g/mol. The lowest BCUT2D eigenvalue weighted by molar-refractivity contribution is -0.140. The van der Waals surface area contributed by atoms with Crippen molar-refractivity contribution in [2.45, 2.75) is 82.8 Å². The van der Waals surface area contributed by atoms with Gasteiger partial charge in [-0.2, -0.15) is 0 Å². The first-order valence-electron chi connectivity index (χ1n) is 14.7. The minimum absolute atomic E-state index is 0.0115. The zero-order chi connectivity index (χ0) is 31.1. The number of carbonyl (C=O) groups is 2. The van der Waals surface area contributed by atoms with Crippen molar-refractivity contribution in [3.05, 3.63) is 93.5 Å². The van der Waals surface area contributed by atoms with Crippen molar-refractivity contribution in [1.29, 1.82) is 0 Å². The van der Waals surface area contributed by atoms with Crippen molar-refractivity contribution in [2.75, 3.05) is 10.8 Å². The SMILES string of the molecule is CC[C@@H](C(=O)NC1CCCCC1)N(Cc1ccc(Cl)cc1Cl)C(=O)CN(c1ccccc1C)S(=O)(=O)c1ccc(C)cc1. The highest BCUT2D eigenvalue weighted by atomic mass is 35.5. The van der Waals surface area contributed by atoms with E-state index in [1.54, 1.807) is 55.5 Å². The number of para-hydroxylation sites is 1. The van der Waals surface area contributed by atoms with Crippen molar-refractivity contribution in [3.8, 4) is 0 Å². The van der Waals surface area contributed by atoms with Gasteiger partial charge < -0.3 is 10.2 Å². The van der Waals surface area contributed by atoms with E-state index in [0.717, 1.165) is 42.0 Å². The van der Waals surface area contributed by atoms with E-state index in [0.29, 0.717) is 33.3 Å². The van der Waals surface area contributed by atoms with Crippen LogP contribution in [0.1, 0.15) is 62.1 Å². The number of amides is 2. The molecule has 0 aromatic heterocycles. The van der Waals surface area contributed by atoms with Crippen LogP contribution in [0.4, 0.5) is 5.69 Å². The molecule has 230 valence electrons. The van der Waals surface area contributed by atoms with Gasteiger partial charge in [0.2, 0.25) is 11.8 Å². The van der Waals surface area contributed by atoms with Crippen LogP contribution < -0.4 is 9.62 Å². The monoisotopic (exact) mass is 643 g/mol. The summed E-state index contributed by atoms with van der Waals surface area (Å²) in [5.41, 5.74) is 2.60. The summed E-state index contributed by atoms with van der Waals surface area (Å²) in [4.78, 5) is 29.5. The van der Waals surface area contributed by atoms with Gasteiger partial charge in [-0.15, -0.1) is 0 Å². The highest BCUT2D eigenvalue weighted by Gasteiger charge is 2.35. The number of sulfonamides is 1. The topological polar surface area (TPSA) is 86.8 Å². The van der Waals surface area contributed by atoms with Crippen molar-refractivity contribution in [3.63, 3.8) is 0 Å². The van der Waals surface area contributed by atoms with Gasteiger partial charge >= 0.3 is 0 Å². The number of benzene rings is 3. The van der Waals surface area contributed by atoms with E-state index in [2.05, 4.69) is 5.32 Å². The molecular weight excluding hydrogens is 605 g/mol. The second-order valence-corrected chi connectivity index (χ2v) is 13.8. The lowest BCUT2D eigenvalue weighted by atomic mass is 9.95. The Kier molecular flexibility index (Phi) is 11.2. The molecule has 1 N–H and O–H groups in total. The third-order valence-corrected chi connectivity index (χ3v) is 10.3. The largest absolute Gasteiger partial charge is 0.352 e. The van der Waals surface area contributed by atoms with Crippen molar-refractivity contribution >= 4 is 50.7 Å².